The Labute approximate surface area is 84.9 Å². The normalized spacial score (nSPS) is 10.7. The van der Waals surface area contributed by atoms with Crippen LogP contribution in [0.3, 0.4) is 0 Å². The van der Waals surface area contributed by atoms with Gasteiger partial charge >= 0.3 is 5.63 Å². The summed E-state index contributed by atoms with van der Waals surface area (Å²) in [5.41, 5.74) is 12.0. The van der Waals surface area contributed by atoms with Gasteiger partial charge in [0.25, 0.3) is 0 Å². The molecule has 78 valence electrons. The topological polar surface area (TPSA) is 102 Å². The first kappa shape index (κ1) is 9.39. The summed E-state index contributed by atoms with van der Waals surface area (Å²) in [5, 5.41) is 9.97. The van der Waals surface area contributed by atoms with Crippen LogP contribution in [0, 0.1) is 6.92 Å². The van der Waals surface area contributed by atoms with Crippen LogP contribution in [-0.4, -0.2) is 5.11 Å². The summed E-state index contributed by atoms with van der Waals surface area (Å²) in [4.78, 5) is 11.1. The van der Waals surface area contributed by atoms with Gasteiger partial charge in [0.15, 0.2) is 0 Å². The Morgan fingerprint density at radius 1 is 1.27 bits per heavy atom. The van der Waals surface area contributed by atoms with Crippen molar-refractivity contribution >= 4 is 22.3 Å². The van der Waals surface area contributed by atoms with E-state index < -0.39 is 5.63 Å². The number of phenols is 1. The van der Waals surface area contributed by atoms with Crippen molar-refractivity contribution < 1.29 is 9.52 Å². The van der Waals surface area contributed by atoms with Gasteiger partial charge in [-0.25, -0.2) is 4.79 Å². The van der Waals surface area contributed by atoms with Crippen LogP contribution in [0.25, 0.3) is 11.0 Å². The molecule has 2 aromatic rings. The van der Waals surface area contributed by atoms with Crippen molar-refractivity contribution in [3.63, 3.8) is 0 Å². The molecule has 0 saturated heterocycles. The molecule has 0 amide bonds. The van der Waals surface area contributed by atoms with Gasteiger partial charge in [-0.3, -0.25) is 0 Å². The van der Waals surface area contributed by atoms with Crippen molar-refractivity contribution in [1.82, 2.24) is 0 Å². The molecule has 1 aromatic heterocycles. The first-order valence-electron chi connectivity index (χ1n) is 4.32. The predicted octanol–water partition coefficient (Wildman–Crippen LogP) is 0.971. The van der Waals surface area contributed by atoms with E-state index in [1.54, 1.807) is 6.92 Å². The van der Waals surface area contributed by atoms with Crippen LogP contribution in [0.1, 0.15) is 5.56 Å². The number of nitrogens with two attached hydrogens (primary N) is 2. The van der Waals surface area contributed by atoms with Crippen molar-refractivity contribution in [2.24, 2.45) is 0 Å². The minimum atomic E-state index is -0.483. The molecule has 1 heterocycles. The Balaban J connectivity index is 3.05. The van der Waals surface area contributed by atoms with Gasteiger partial charge in [-0.1, -0.05) is 0 Å². The molecule has 0 fully saturated rings. The zero-order valence-corrected chi connectivity index (χ0v) is 8.07. The van der Waals surface area contributed by atoms with E-state index in [1.807, 2.05) is 0 Å². The van der Waals surface area contributed by atoms with Crippen molar-refractivity contribution in [1.29, 1.82) is 0 Å². The number of rotatable bonds is 0. The van der Waals surface area contributed by atoms with E-state index in [0.717, 1.165) is 0 Å². The summed E-state index contributed by atoms with van der Waals surface area (Å²) in [5.74, 6) is -0.186. The molecule has 2 rings (SSSR count). The molecule has 5 nitrogen and oxygen atoms in total. The first-order valence-corrected chi connectivity index (χ1v) is 4.32. The summed E-state index contributed by atoms with van der Waals surface area (Å²) in [7, 11) is 0. The van der Waals surface area contributed by atoms with E-state index in [1.165, 1.54) is 12.1 Å². The first-order chi connectivity index (χ1) is 7.00. The SMILES string of the molecule is Cc1cc(=O)oc2cc(O)c(N)c(N)c12. The highest BCUT2D eigenvalue weighted by atomic mass is 16.4. The van der Waals surface area contributed by atoms with Crippen LogP contribution in [0.2, 0.25) is 0 Å². The summed E-state index contributed by atoms with van der Waals surface area (Å²) in [6.45, 7) is 1.73. The number of aryl methyl sites for hydroxylation is 1. The molecule has 0 spiro atoms. The number of fused-ring (bicyclic) bond motifs is 1. The van der Waals surface area contributed by atoms with E-state index in [9.17, 15) is 9.90 Å². The van der Waals surface area contributed by atoms with Crippen molar-refractivity contribution in [2.45, 2.75) is 6.92 Å². The van der Waals surface area contributed by atoms with Crippen LogP contribution < -0.4 is 17.1 Å². The lowest BCUT2D eigenvalue weighted by atomic mass is 10.1. The van der Waals surface area contributed by atoms with Gasteiger partial charge in [0.05, 0.1) is 11.4 Å². The Morgan fingerprint density at radius 3 is 2.60 bits per heavy atom. The van der Waals surface area contributed by atoms with Crippen LogP contribution in [0.15, 0.2) is 21.3 Å². The third-order valence-corrected chi connectivity index (χ3v) is 2.29. The monoisotopic (exact) mass is 206 g/mol. The molecule has 5 heteroatoms. The zero-order chi connectivity index (χ0) is 11.2. The van der Waals surface area contributed by atoms with Crippen LogP contribution in [0.4, 0.5) is 11.4 Å². The average molecular weight is 206 g/mol. The third-order valence-electron chi connectivity index (χ3n) is 2.29. The number of anilines is 2. The smallest absolute Gasteiger partial charge is 0.336 e. The van der Waals surface area contributed by atoms with E-state index in [4.69, 9.17) is 15.9 Å². The maximum absolute atomic E-state index is 11.1. The Hall–Kier alpha value is -2.17. The highest BCUT2D eigenvalue weighted by Gasteiger charge is 2.11. The van der Waals surface area contributed by atoms with Crippen molar-refractivity contribution in [3.8, 4) is 5.75 Å². The Morgan fingerprint density at radius 2 is 1.93 bits per heavy atom. The lowest BCUT2D eigenvalue weighted by molar-refractivity contribution is 0.476. The Kier molecular flexibility index (Phi) is 1.82. The molecule has 0 unspecified atom stereocenters. The lowest BCUT2D eigenvalue weighted by Crippen LogP contribution is -2.02. The summed E-state index contributed by atoms with van der Waals surface area (Å²) in [6, 6.07) is 2.62. The molecule has 0 aliphatic rings. The summed E-state index contributed by atoms with van der Waals surface area (Å²) >= 11 is 0. The number of nitrogen functional groups attached to an aromatic ring is 2. The maximum atomic E-state index is 11.1. The zero-order valence-electron chi connectivity index (χ0n) is 8.07. The average Bonchev–Trinajstić information content (AvgIpc) is 2.13. The van der Waals surface area contributed by atoms with Gasteiger partial charge in [0.2, 0.25) is 0 Å². The molecule has 1 aromatic carbocycles. The van der Waals surface area contributed by atoms with Gasteiger partial charge in [-0.05, 0) is 12.5 Å². The fraction of sp³-hybridized carbons (Fsp3) is 0.100. The summed E-state index contributed by atoms with van der Waals surface area (Å²) in [6.07, 6.45) is 0. The van der Waals surface area contributed by atoms with E-state index in [-0.39, 0.29) is 22.7 Å². The second-order valence-corrected chi connectivity index (χ2v) is 3.34. The lowest BCUT2D eigenvalue weighted by Gasteiger charge is -2.08. The standard InChI is InChI=1S/C10H10N2O3/c1-4-2-7(14)15-6-3-5(13)9(11)10(12)8(4)6/h2-3,13H,11-12H2,1H3. The Bertz CT molecular complexity index is 602. The second-order valence-electron chi connectivity index (χ2n) is 3.34. The van der Waals surface area contributed by atoms with E-state index >= 15 is 0 Å². The van der Waals surface area contributed by atoms with Crippen molar-refractivity contribution in [3.05, 3.63) is 28.1 Å². The van der Waals surface area contributed by atoms with Gasteiger partial charge < -0.3 is 21.0 Å². The van der Waals surface area contributed by atoms with Gasteiger partial charge in [-0.2, -0.15) is 0 Å². The number of benzene rings is 1. The summed E-state index contributed by atoms with van der Waals surface area (Å²) < 4.78 is 4.91. The van der Waals surface area contributed by atoms with E-state index in [0.29, 0.717) is 10.9 Å². The van der Waals surface area contributed by atoms with Crippen LogP contribution >= 0.6 is 0 Å². The van der Waals surface area contributed by atoms with Gasteiger partial charge in [0.1, 0.15) is 11.3 Å². The number of phenolic OH excluding ortho intramolecular Hbond substituents is 1. The van der Waals surface area contributed by atoms with Crippen LogP contribution in [-0.2, 0) is 0 Å². The van der Waals surface area contributed by atoms with Gasteiger partial charge in [-0.15, -0.1) is 0 Å². The molecule has 0 bridgehead atoms. The third kappa shape index (κ3) is 1.28. The molecular weight excluding hydrogens is 196 g/mol. The van der Waals surface area contributed by atoms with Gasteiger partial charge in [0, 0.05) is 17.5 Å². The minimum Gasteiger partial charge on any atom is -0.506 e. The molecule has 0 aliphatic heterocycles. The van der Waals surface area contributed by atoms with E-state index in [2.05, 4.69) is 0 Å². The predicted molar refractivity (Wildman–Crippen MR) is 57.7 cm³/mol. The van der Waals surface area contributed by atoms with Crippen LogP contribution in [0.5, 0.6) is 5.75 Å². The highest BCUT2D eigenvalue weighted by molar-refractivity contribution is 5.99. The highest BCUT2D eigenvalue weighted by Crippen LogP contribution is 2.35. The fourth-order valence-electron chi connectivity index (χ4n) is 1.55. The number of aromatic hydroxyl groups is 1. The molecule has 15 heavy (non-hydrogen) atoms. The largest absolute Gasteiger partial charge is 0.506 e. The molecule has 0 radical (unpaired) electrons. The quantitative estimate of drug-likeness (QED) is 0.338. The molecule has 0 saturated carbocycles. The number of hydrogen-bond donors (Lipinski definition) is 3. The molecule has 0 atom stereocenters. The number of hydrogen-bond acceptors (Lipinski definition) is 5. The second kappa shape index (κ2) is 2.91. The molecule has 0 aliphatic carbocycles. The molecular formula is C10H10N2O3. The molecule has 5 N–H and O–H groups in total. The van der Waals surface area contributed by atoms with Crippen molar-refractivity contribution in [2.75, 3.05) is 11.5 Å². The maximum Gasteiger partial charge on any atom is 0.336 e. The minimum absolute atomic E-state index is 0.0967. The fourth-order valence-corrected chi connectivity index (χ4v) is 1.55.